The molecule has 0 aliphatic heterocycles. The maximum Gasteiger partial charge on any atom is 0.333 e. The van der Waals surface area contributed by atoms with Gasteiger partial charge in [-0.05, 0) is 41.2 Å². The first kappa shape index (κ1) is 19.0. The number of rotatable bonds is 7. The van der Waals surface area contributed by atoms with Gasteiger partial charge in [0.15, 0.2) is 0 Å². The predicted octanol–water partition coefficient (Wildman–Crippen LogP) is 4.25. The molecule has 7 nitrogen and oxygen atoms in total. The van der Waals surface area contributed by atoms with Crippen molar-refractivity contribution < 1.29 is 14.4 Å². The van der Waals surface area contributed by atoms with Crippen LogP contribution in [-0.4, -0.2) is 16.5 Å². The second kappa shape index (κ2) is 8.77. The molecule has 142 valence electrons. The van der Waals surface area contributed by atoms with Gasteiger partial charge in [0.05, 0.1) is 17.1 Å². The Hall–Kier alpha value is -3.74. The van der Waals surface area contributed by atoms with Crippen LogP contribution >= 0.6 is 0 Å². The zero-order valence-corrected chi connectivity index (χ0v) is 15.3. The Morgan fingerprint density at radius 2 is 1.93 bits per heavy atom. The standard InChI is InChI=1S/C21H19N3O4/c1-2-14-28-20-10-7-16(8-11-20)6-9-18-12-13-22-21(23(18)25)17-4-3-5-19(15-17)24(26)27/h3-13,15H,2,14H2,1H3. The number of benzene rings is 2. The first-order chi connectivity index (χ1) is 13.6. The van der Waals surface area contributed by atoms with E-state index in [0.717, 1.165) is 17.7 Å². The number of ether oxygens (including phenoxy) is 1. The molecule has 0 bridgehead atoms. The van der Waals surface area contributed by atoms with Gasteiger partial charge in [0.1, 0.15) is 17.6 Å². The first-order valence-electron chi connectivity index (χ1n) is 8.83. The zero-order valence-electron chi connectivity index (χ0n) is 15.3. The Morgan fingerprint density at radius 1 is 1.14 bits per heavy atom. The van der Waals surface area contributed by atoms with Crippen molar-refractivity contribution in [3.8, 4) is 17.1 Å². The molecule has 1 aromatic heterocycles. The Bertz CT molecular complexity index is 1000. The molecule has 0 N–H and O–H groups in total. The molecule has 3 aromatic rings. The third kappa shape index (κ3) is 4.50. The second-order valence-corrected chi connectivity index (χ2v) is 6.05. The molecular weight excluding hydrogens is 358 g/mol. The predicted molar refractivity (Wildman–Crippen MR) is 106 cm³/mol. The number of nitro groups is 1. The van der Waals surface area contributed by atoms with Crippen molar-refractivity contribution in [3.63, 3.8) is 0 Å². The van der Waals surface area contributed by atoms with Crippen LogP contribution in [0, 0.1) is 15.3 Å². The van der Waals surface area contributed by atoms with E-state index in [4.69, 9.17) is 4.74 Å². The first-order valence-corrected chi connectivity index (χ1v) is 8.83. The van der Waals surface area contributed by atoms with Crippen LogP contribution < -0.4 is 9.47 Å². The van der Waals surface area contributed by atoms with Gasteiger partial charge in [-0.2, -0.15) is 0 Å². The van der Waals surface area contributed by atoms with Crippen LogP contribution in [-0.2, 0) is 0 Å². The van der Waals surface area contributed by atoms with Crippen LogP contribution in [0.3, 0.4) is 0 Å². The van der Waals surface area contributed by atoms with Crippen LogP contribution in [0.1, 0.15) is 24.6 Å². The average Bonchev–Trinajstić information content (AvgIpc) is 2.72. The summed E-state index contributed by atoms with van der Waals surface area (Å²) in [4.78, 5) is 14.5. The number of aromatic nitrogens is 2. The van der Waals surface area contributed by atoms with E-state index in [0.29, 0.717) is 22.6 Å². The highest BCUT2D eigenvalue weighted by Crippen LogP contribution is 2.20. The normalized spacial score (nSPS) is 10.9. The van der Waals surface area contributed by atoms with Gasteiger partial charge >= 0.3 is 5.82 Å². The molecule has 0 unspecified atom stereocenters. The van der Waals surface area contributed by atoms with Crippen LogP contribution in [0.2, 0.25) is 0 Å². The van der Waals surface area contributed by atoms with Crippen molar-refractivity contribution >= 4 is 17.8 Å². The van der Waals surface area contributed by atoms with Crippen LogP contribution in [0.5, 0.6) is 5.75 Å². The molecule has 28 heavy (non-hydrogen) atoms. The Balaban J connectivity index is 1.84. The van der Waals surface area contributed by atoms with E-state index in [1.807, 2.05) is 37.3 Å². The minimum absolute atomic E-state index is 0.0920. The van der Waals surface area contributed by atoms with Gasteiger partial charge in [0.2, 0.25) is 0 Å². The molecule has 0 amide bonds. The number of nitrogens with zero attached hydrogens (tertiary/aromatic N) is 3. The molecule has 0 fully saturated rings. The van der Waals surface area contributed by atoms with Crippen molar-refractivity contribution in [2.75, 3.05) is 6.61 Å². The van der Waals surface area contributed by atoms with Gasteiger partial charge in [0.25, 0.3) is 5.69 Å². The molecule has 0 saturated carbocycles. The molecule has 0 saturated heterocycles. The molecule has 0 radical (unpaired) electrons. The van der Waals surface area contributed by atoms with Crippen molar-refractivity contribution in [3.05, 3.63) is 87.4 Å². The lowest BCUT2D eigenvalue weighted by Crippen LogP contribution is -2.33. The summed E-state index contributed by atoms with van der Waals surface area (Å²) < 4.78 is 6.21. The highest BCUT2D eigenvalue weighted by Gasteiger charge is 2.16. The van der Waals surface area contributed by atoms with Gasteiger partial charge < -0.3 is 9.94 Å². The van der Waals surface area contributed by atoms with Crippen LogP contribution in [0.25, 0.3) is 23.5 Å². The van der Waals surface area contributed by atoms with E-state index >= 15 is 0 Å². The van der Waals surface area contributed by atoms with Gasteiger partial charge in [-0.1, -0.05) is 31.2 Å². The molecule has 0 spiro atoms. The van der Waals surface area contributed by atoms with Crippen molar-refractivity contribution in [1.82, 2.24) is 4.98 Å². The quantitative estimate of drug-likeness (QED) is 0.266. The van der Waals surface area contributed by atoms with E-state index in [2.05, 4.69) is 4.98 Å². The maximum atomic E-state index is 12.7. The fraction of sp³-hybridized carbons (Fsp3) is 0.143. The van der Waals surface area contributed by atoms with Gasteiger partial charge in [-0.25, -0.2) is 4.73 Å². The van der Waals surface area contributed by atoms with Gasteiger partial charge in [0, 0.05) is 18.2 Å². The molecule has 0 aliphatic carbocycles. The summed E-state index contributed by atoms with van der Waals surface area (Å²) in [6.45, 7) is 2.72. The topological polar surface area (TPSA) is 92.2 Å². The zero-order chi connectivity index (χ0) is 19.9. The van der Waals surface area contributed by atoms with E-state index in [1.165, 1.54) is 24.4 Å². The molecular formula is C21H19N3O4. The Labute approximate surface area is 162 Å². The lowest BCUT2D eigenvalue weighted by molar-refractivity contribution is -0.598. The third-order valence-corrected chi connectivity index (χ3v) is 3.98. The highest BCUT2D eigenvalue weighted by molar-refractivity contribution is 5.67. The van der Waals surface area contributed by atoms with Crippen LogP contribution in [0.15, 0.2) is 60.8 Å². The fourth-order valence-electron chi connectivity index (χ4n) is 2.58. The van der Waals surface area contributed by atoms with E-state index in [9.17, 15) is 15.3 Å². The maximum absolute atomic E-state index is 12.7. The summed E-state index contributed by atoms with van der Waals surface area (Å²) in [5.41, 5.74) is 1.59. The van der Waals surface area contributed by atoms with Crippen molar-refractivity contribution in [2.24, 2.45) is 0 Å². The number of nitro benzene ring substituents is 1. The molecule has 3 rings (SSSR count). The van der Waals surface area contributed by atoms with Crippen LogP contribution in [0.4, 0.5) is 5.69 Å². The van der Waals surface area contributed by atoms with E-state index in [1.54, 1.807) is 18.2 Å². The third-order valence-electron chi connectivity index (χ3n) is 3.98. The van der Waals surface area contributed by atoms with Crippen molar-refractivity contribution in [1.29, 1.82) is 0 Å². The summed E-state index contributed by atoms with van der Waals surface area (Å²) in [6, 6.07) is 15.0. The molecule has 0 aliphatic rings. The lowest BCUT2D eigenvalue weighted by Gasteiger charge is -2.09. The smallest absolute Gasteiger partial charge is 0.333 e. The van der Waals surface area contributed by atoms with Crippen molar-refractivity contribution in [2.45, 2.75) is 13.3 Å². The molecule has 7 heteroatoms. The van der Waals surface area contributed by atoms with Gasteiger partial charge in [-0.15, -0.1) is 0 Å². The summed E-state index contributed by atoms with van der Waals surface area (Å²) in [5.74, 6) is 0.906. The second-order valence-electron chi connectivity index (χ2n) is 6.05. The average molecular weight is 377 g/mol. The lowest BCUT2D eigenvalue weighted by atomic mass is 10.1. The van der Waals surface area contributed by atoms with Gasteiger partial charge in [-0.3, -0.25) is 10.1 Å². The minimum Gasteiger partial charge on any atom is -0.710 e. The molecule has 2 aromatic carbocycles. The summed E-state index contributed by atoms with van der Waals surface area (Å²) in [6.07, 6.45) is 5.94. The highest BCUT2D eigenvalue weighted by atomic mass is 16.6. The number of hydrogen-bond acceptors (Lipinski definition) is 5. The summed E-state index contributed by atoms with van der Waals surface area (Å²) >= 11 is 0. The van der Waals surface area contributed by atoms with E-state index < -0.39 is 4.92 Å². The molecule has 1 heterocycles. The Morgan fingerprint density at radius 3 is 2.64 bits per heavy atom. The minimum atomic E-state index is -0.504. The summed E-state index contributed by atoms with van der Waals surface area (Å²) in [7, 11) is 0. The monoisotopic (exact) mass is 377 g/mol. The Kier molecular flexibility index (Phi) is 5.96. The summed E-state index contributed by atoms with van der Waals surface area (Å²) in [5, 5.41) is 23.6. The largest absolute Gasteiger partial charge is 0.710 e. The number of non-ortho nitro benzene ring substituents is 1. The van der Waals surface area contributed by atoms with E-state index in [-0.39, 0.29) is 11.5 Å². The fourth-order valence-corrected chi connectivity index (χ4v) is 2.58. The SMILES string of the molecule is CCCOc1ccc(C=Cc2ccnc(-c3cccc([N+](=O)[O-])c3)[n+]2[O-])cc1. The number of hydrogen-bond donors (Lipinski definition) is 0. The molecule has 0 atom stereocenters.